The van der Waals surface area contributed by atoms with Crippen molar-refractivity contribution in [1.29, 1.82) is 0 Å². The van der Waals surface area contributed by atoms with E-state index in [0.717, 1.165) is 9.80 Å². The number of esters is 1. The molecule has 0 aromatic heterocycles. The van der Waals surface area contributed by atoms with Crippen LogP contribution in [0, 0.1) is 0 Å². The van der Waals surface area contributed by atoms with Gasteiger partial charge < -0.3 is 19.0 Å². The molecule has 2 atom stereocenters. The second-order valence-electron chi connectivity index (χ2n) is 8.17. The van der Waals surface area contributed by atoms with Gasteiger partial charge in [-0.3, -0.25) is 9.80 Å². The minimum Gasteiger partial charge on any atom is -0.464 e. The lowest BCUT2D eigenvalue weighted by Gasteiger charge is -2.43. The van der Waals surface area contributed by atoms with Crippen molar-refractivity contribution < 1.29 is 33.4 Å². The standard InChI is InChI=1S/C18H30N2O7/c1-8-25-14(22)13-12(11-21)19(15(23)26-17(2,3)4)9-10-20(13)16(24)27-18(5,6)7/h11-13H,8-10H2,1-7H3/t12-,13+/m0/s1. The zero-order valence-corrected chi connectivity index (χ0v) is 17.1. The average molecular weight is 386 g/mol. The van der Waals surface area contributed by atoms with Crippen molar-refractivity contribution in [2.45, 2.75) is 71.8 Å². The fourth-order valence-corrected chi connectivity index (χ4v) is 2.56. The summed E-state index contributed by atoms with van der Waals surface area (Å²) in [6, 6.07) is -2.54. The highest BCUT2D eigenvalue weighted by molar-refractivity contribution is 5.88. The Balaban J connectivity index is 3.17. The smallest absolute Gasteiger partial charge is 0.411 e. The molecule has 0 bridgehead atoms. The first-order valence-electron chi connectivity index (χ1n) is 8.92. The highest BCUT2D eigenvalue weighted by Crippen LogP contribution is 2.23. The summed E-state index contributed by atoms with van der Waals surface area (Å²) in [5, 5.41) is 0. The summed E-state index contributed by atoms with van der Waals surface area (Å²) >= 11 is 0. The van der Waals surface area contributed by atoms with E-state index in [1.165, 1.54) is 0 Å². The van der Waals surface area contributed by atoms with E-state index < -0.39 is 41.4 Å². The molecule has 1 rings (SSSR count). The molecule has 0 aliphatic carbocycles. The van der Waals surface area contributed by atoms with Gasteiger partial charge in [0.1, 0.15) is 23.5 Å². The average Bonchev–Trinajstić information content (AvgIpc) is 2.50. The van der Waals surface area contributed by atoms with E-state index >= 15 is 0 Å². The number of nitrogens with zero attached hydrogens (tertiary/aromatic N) is 2. The van der Waals surface area contributed by atoms with Gasteiger partial charge in [0.25, 0.3) is 0 Å². The largest absolute Gasteiger partial charge is 0.464 e. The zero-order valence-electron chi connectivity index (χ0n) is 17.1. The molecule has 0 N–H and O–H groups in total. The van der Waals surface area contributed by atoms with Crippen LogP contribution in [-0.2, 0) is 23.8 Å². The molecule has 27 heavy (non-hydrogen) atoms. The van der Waals surface area contributed by atoms with E-state index in [4.69, 9.17) is 14.2 Å². The van der Waals surface area contributed by atoms with Gasteiger partial charge in [-0.15, -0.1) is 0 Å². The minimum absolute atomic E-state index is 0.00196. The Morgan fingerprint density at radius 2 is 1.37 bits per heavy atom. The van der Waals surface area contributed by atoms with Crippen LogP contribution in [0.25, 0.3) is 0 Å². The summed E-state index contributed by atoms with van der Waals surface area (Å²) in [4.78, 5) is 51.6. The normalized spacial score (nSPS) is 20.7. The molecule has 0 aromatic carbocycles. The maximum Gasteiger partial charge on any atom is 0.411 e. The molecule has 9 heteroatoms. The second-order valence-corrected chi connectivity index (χ2v) is 8.17. The van der Waals surface area contributed by atoms with Crippen LogP contribution in [0.5, 0.6) is 0 Å². The van der Waals surface area contributed by atoms with Crippen molar-refractivity contribution in [3.05, 3.63) is 0 Å². The summed E-state index contributed by atoms with van der Waals surface area (Å²) in [7, 11) is 0. The Morgan fingerprint density at radius 1 is 0.926 bits per heavy atom. The molecule has 2 amide bonds. The first kappa shape index (κ1) is 22.7. The quantitative estimate of drug-likeness (QED) is 0.415. The molecular weight excluding hydrogens is 356 g/mol. The van der Waals surface area contributed by atoms with Crippen LogP contribution >= 0.6 is 0 Å². The summed E-state index contributed by atoms with van der Waals surface area (Å²) in [5.74, 6) is -0.784. The predicted octanol–water partition coefficient (Wildman–Crippen LogP) is 1.97. The summed E-state index contributed by atoms with van der Waals surface area (Å²) in [6.07, 6.45) is -1.05. The summed E-state index contributed by atoms with van der Waals surface area (Å²) in [5.41, 5.74) is -1.55. The molecular formula is C18H30N2O7. The number of hydrogen-bond donors (Lipinski definition) is 0. The van der Waals surface area contributed by atoms with Crippen molar-refractivity contribution in [2.75, 3.05) is 19.7 Å². The lowest BCUT2D eigenvalue weighted by molar-refractivity contribution is -0.155. The topological polar surface area (TPSA) is 102 Å². The number of rotatable bonds is 3. The molecule has 9 nitrogen and oxygen atoms in total. The summed E-state index contributed by atoms with van der Waals surface area (Å²) in [6.45, 7) is 11.9. The van der Waals surface area contributed by atoms with Crippen LogP contribution in [0.2, 0.25) is 0 Å². The van der Waals surface area contributed by atoms with E-state index in [2.05, 4.69) is 0 Å². The van der Waals surface area contributed by atoms with Gasteiger partial charge in [0.2, 0.25) is 0 Å². The van der Waals surface area contributed by atoms with Gasteiger partial charge in [0, 0.05) is 13.1 Å². The Morgan fingerprint density at radius 3 is 1.78 bits per heavy atom. The van der Waals surface area contributed by atoms with Gasteiger partial charge in [0.15, 0.2) is 6.04 Å². The highest BCUT2D eigenvalue weighted by Gasteiger charge is 2.48. The lowest BCUT2D eigenvalue weighted by atomic mass is 10.0. The SMILES string of the molecule is CCOC(=O)[C@H]1[C@H](C=O)N(C(=O)OC(C)(C)C)CCN1C(=O)OC(C)(C)C. The summed E-state index contributed by atoms with van der Waals surface area (Å²) < 4.78 is 15.7. The van der Waals surface area contributed by atoms with Crippen molar-refractivity contribution in [3.63, 3.8) is 0 Å². The van der Waals surface area contributed by atoms with Gasteiger partial charge in [-0.2, -0.15) is 0 Å². The maximum atomic E-state index is 12.5. The maximum absolute atomic E-state index is 12.5. The number of ether oxygens (including phenoxy) is 3. The van der Waals surface area contributed by atoms with Gasteiger partial charge in [-0.1, -0.05) is 0 Å². The number of aldehydes is 1. The Labute approximate surface area is 159 Å². The number of hydrogen-bond acceptors (Lipinski definition) is 7. The zero-order chi connectivity index (χ0) is 21.0. The number of carbonyl (C=O) groups excluding carboxylic acids is 4. The van der Waals surface area contributed by atoms with Crippen LogP contribution in [0.15, 0.2) is 0 Å². The molecule has 154 valence electrons. The highest BCUT2D eigenvalue weighted by atomic mass is 16.6. The lowest BCUT2D eigenvalue weighted by Crippen LogP contribution is -2.66. The first-order chi connectivity index (χ1) is 12.3. The third kappa shape index (κ3) is 6.41. The molecule has 1 aliphatic rings. The monoisotopic (exact) mass is 386 g/mol. The van der Waals surface area contributed by atoms with E-state index in [1.807, 2.05) is 0 Å². The van der Waals surface area contributed by atoms with Crippen LogP contribution in [-0.4, -0.2) is 77.2 Å². The predicted molar refractivity (Wildman–Crippen MR) is 96.2 cm³/mol. The van der Waals surface area contributed by atoms with E-state index in [0.29, 0.717) is 6.29 Å². The molecule has 0 aromatic rings. The third-order valence-electron chi connectivity index (χ3n) is 3.52. The Kier molecular flexibility index (Phi) is 7.22. The van der Waals surface area contributed by atoms with Crippen LogP contribution in [0.4, 0.5) is 9.59 Å². The fraction of sp³-hybridized carbons (Fsp3) is 0.778. The van der Waals surface area contributed by atoms with Gasteiger partial charge in [0.05, 0.1) is 6.61 Å². The minimum atomic E-state index is -1.31. The van der Waals surface area contributed by atoms with Crippen molar-refractivity contribution in [3.8, 4) is 0 Å². The molecule has 1 fully saturated rings. The van der Waals surface area contributed by atoms with Crippen LogP contribution < -0.4 is 0 Å². The van der Waals surface area contributed by atoms with Crippen molar-refractivity contribution >= 4 is 24.4 Å². The van der Waals surface area contributed by atoms with Crippen LogP contribution in [0.3, 0.4) is 0 Å². The Bertz CT molecular complexity index is 577. The third-order valence-corrected chi connectivity index (χ3v) is 3.52. The van der Waals surface area contributed by atoms with E-state index in [-0.39, 0.29) is 19.7 Å². The number of carbonyl (C=O) groups is 4. The molecule has 1 heterocycles. The first-order valence-corrected chi connectivity index (χ1v) is 8.92. The molecule has 0 unspecified atom stereocenters. The van der Waals surface area contributed by atoms with E-state index in [9.17, 15) is 19.2 Å². The number of amides is 2. The van der Waals surface area contributed by atoms with E-state index in [1.54, 1.807) is 48.5 Å². The molecule has 1 aliphatic heterocycles. The fourth-order valence-electron chi connectivity index (χ4n) is 2.56. The second kappa shape index (κ2) is 8.58. The van der Waals surface area contributed by atoms with Crippen molar-refractivity contribution in [1.82, 2.24) is 9.80 Å². The Hall–Kier alpha value is -2.32. The molecule has 1 saturated heterocycles. The van der Waals surface area contributed by atoms with Crippen molar-refractivity contribution in [2.24, 2.45) is 0 Å². The molecule has 0 saturated carbocycles. The molecule has 0 radical (unpaired) electrons. The number of piperazine rings is 1. The van der Waals surface area contributed by atoms with Gasteiger partial charge in [-0.05, 0) is 48.5 Å². The van der Waals surface area contributed by atoms with Gasteiger partial charge in [-0.25, -0.2) is 14.4 Å². The molecule has 0 spiro atoms. The van der Waals surface area contributed by atoms with Crippen LogP contribution in [0.1, 0.15) is 48.5 Å². The van der Waals surface area contributed by atoms with Gasteiger partial charge >= 0.3 is 18.2 Å².